The van der Waals surface area contributed by atoms with Gasteiger partial charge in [0.2, 0.25) is 0 Å². The first-order valence-electron chi connectivity index (χ1n) is 3.59. The molecule has 78 valence electrons. The molecule has 0 aliphatic heterocycles. The quantitative estimate of drug-likeness (QED) is 0.816. The average Bonchev–Trinajstić information content (AvgIpc) is 2.16. The number of aromatic nitrogens is 1. The van der Waals surface area contributed by atoms with Gasteiger partial charge in [0.15, 0.2) is 11.5 Å². The summed E-state index contributed by atoms with van der Waals surface area (Å²) >= 11 is 0. The van der Waals surface area contributed by atoms with E-state index in [0.29, 0.717) is 6.20 Å². The summed E-state index contributed by atoms with van der Waals surface area (Å²) in [7, 11) is 0. The van der Waals surface area contributed by atoms with Crippen LogP contribution in [0.15, 0.2) is 6.20 Å². The van der Waals surface area contributed by atoms with E-state index in [0.717, 1.165) is 0 Å². The van der Waals surface area contributed by atoms with Crippen LogP contribution in [0.1, 0.15) is 28.0 Å². The van der Waals surface area contributed by atoms with Crippen molar-refractivity contribution in [1.29, 1.82) is 5.26 Å². The molecular weight excluding hydrogens is 213 g/mol. The zero-order valence-corrected chi connectivity index (χ0v) is 7.04. The summed E-state index contributed by atoms with van der Waals surface area (Å²) in [6, 6.07) is 1.18. The topological polar surface area (TPSA) is 74.0 Å². The van der Waals surface area contributed by atoms with E-state index in [1.807, 2.05) is 0 Å². The van der Waals surface area contributed by atoms with E-state index in [9.17, 15) is 18.0 Å². The summed E-state index contributed by atoms with van der Waals surface area (Å²) in [5.41, 5.74) is -2.95. The van der Waals surface area contributed by atoms with Crippen LogP contribution in [0.2, 0.25) is 0 Å². The number of rotatable bonds is 2. The lowest BCUT2D eigenvalue weighted by Crippen LogP contribution is -2.08. The second-order valence-corrected chi connectivity index (χ2v) is 2.47. The van der Waals surface area contributed by atoms with Crippen molar-refractivity contribution in [3.8, 4) is 6.07 Å². The highest BCUT2D eigenvalue weighted by molar-refractivity contribution is 5.86. The number of hydrogen-bond acceptors (Lipinski definition) is 3. The first-order chi connectivity index (χ1) is 6.99. The van der Waals surface area contributed by atoms with Gasteiger partial charge in [0, 0.05) is 6.20 Å². The highest BCUT2D eigenvalue weighted by Gasteiger charge is 2.23. The number of carboxylic acid groups (broad SMARTS) is 1. The molecule has 1 N–H and O–H groups in total. The molecule has 0 radical (unpaired) electrons. The second kappa shape index (κ2) is 3.96. The van der Waals surface area contributed by atoms with E-state index >= 15 is 0 Å². The molecule has 1 rings (SSSR count). The molecule has 0 bridgehead atoms. The van der Waals surface area contributed by atoms with Gasteiger partial charge in [-0.1, -0.05) is 0 Å². The third kappa shape index (κ3) is 1.88. The van der Waals surface area contributed by atoms with Crippen molar-refractivity contribution in [3.63, 3.8) is 0 Å². The minimum absolute atomic E-state index is 0.482. The van der Waals surface area contributed by atoms with E-state index in [-0.39, 0.29) is 0 Å². The zero-order valence-electron chi connectivity index (χ0n) is 7.04. The molecule has 7 heteroatoms. The van der Waals surface area contributed by atoms with E-state index in [2.05, 4.69) is 4.98 Å². The van der Waals surface area contributed by atoms with Crippen molar-refractivity contribution in [2.75, 3.05) is 0 Å². The Balaban J connectivity index is 3.48. The Kier molecular flexibility index (Phi) is 2.90. The van der Waals surface area contributed by atoms with Gasteiger partial charge in [0.05, 0.1) is 5.56 Å². The monoisotopic (exact) mass is 216 g/mol. The van der Waals surface area contributed by atoms with Crippen LogP contribution in [0.25, 0.3) is 0 Å². The molecule has 0 aliphatic carbocycles. The lowest BCUT2D eigenvalue weighted by molar-refractivity contribution is 0.0683. The van der Waals surface area contributed by atoms with E-state index in [1.54, 1.807) is 0 Å². The molecule has 0 unspecified atom stereocenters. The normalized spacial score (nSPS) is 10.1. The van der Waals surface area contributed by atoms with Gasteiger partial charge in [-0.15, -0.1) is 0 Å². The maximum Gasteiger partial charge on any atom is 0.357 e. The molecule has 0 spiro atoms. The number of carbonyl (C=O) groups is 1. The van der Waals surface area contributed by atoms with Crippen molar-refractivity contribution in [3.05, 3.63) is 28.8 Å². The molecular formula is C8H3F3N2O2. The van der Waals surface area contributed by atoms with Crippen LogP contribution in [-0.4, -0.2) is 16.1 Å². The molecule has 15 heavy (non-hydrogen) atoms. The standard InChI is InChI=1S/C8H3F3N2O2/c9-5-3(1-12)4(7(10)11)2-13-6(5)8(14)15/h2,7H,(H,14,15). The Bertz CT molecular complexity index is 454. The lowest BCUT2D eigenvalue weighted by Gasteiger charge is -2.04. The third-order valence-electron chi connectivity index (χ3n) is 1.60. The third-order valence-corrected chi connectivity index (χ3v) is 1.60. The van der Waals surface area contributed by atoms with Crippen molar-refractivity contribution in [2.45, 2.75) is 6.43 Å². The molecule has 0 amide bonds. The Morgan fingerprint density at radius 3 is 2.60 bits per heavy atom. The number of hydrogen-bond donors (Lipinski definition) is 1. The summed E-state index contributed by atoms with van der Waals surface area (Å²) in [6.45, 7) is 0. The number of carboxylic acids is 1. The first kappa shape index (κ1) is 11.0. The van der Waals surface area contributed by atoms with Crippen molar-refractivity contribution in [2.24, 2.45) is 0 Å². The van der Waals surface area contributed by atoms with Crippen molar-refractivity contribution >= 4 is 5.97 Å². The average molecular weight is 216 g/mol. The Hall–Kier alpha value is -2.10. The molecule has 0 aliphatic rings. The molecule has 1 heterocycles. The smallest absolute Gasteiger partial charge is 0.357 e. The van der Waals surface area contributed by atoms with Gasteiger partial charge in [-0.25, -0.2) is 22.9 Å². The van der Waals surface area contributed by atoms with Gasteiger partial charge >= 0.3 is 5.97 Å². The van der Waals surface area contributed by atoms with Gasteiger partial charge in [0.1, 0.15) is 11.6 Å². The zero-order chi connectivity index (χ0) is 11.6. The largest absolute Gasteiger partial charge is 0.476 e. The minimum Gasteiger partial charge on any atom is -0.476 e. The van der Waals surface area contributed by atoms with Crippen LogP contribution in [-0.2, 0) is 0 Å². The van der Waals surface area contributed by atoms with Gasteiger partial charge in [-0.2, -0.15) is 5.26 Å². The summed E-state index contributed by atoms with van der Waals surface area (Å²) < 4.78 is 37.6. The molecule has 0 saturated heterocycles. The molecule has 4 nitrogen and oxygen atoms in total. The molecule has 1 aromatic rings. The van der Waals surface area contributed by atoms with Gasteiger partial charge in [0.25, 0.3) is 6.43 Å². The fourth-order valence-corrected chi connectivity index (χ4v) is 0.929. The highest BCUT2D eigenvalue weighted by atomic mass is 19.3. The van der Waals surface area contributed by atoms with Crippen molar-refractivity contribution in [1.82, 2.24) is 4.98 Å². The lowest BCUT2D eigenvalue weighted by atomic mass is 10.1. The highest BCUT2D eigenvalue weighted by Crippen LogP contribution is 2.24. The molecule has 0 atom stereocenters. The summed E-state index contributed by atoms with van der Waals surface area (Å²) in [4.78, 5) is 13.4. The first-order valence-corrected chi connectivity index (χ1v) is 3.59. The Morgan fingerprint density at radius 2 is 2.20 bits per heavy atom. The van der Waals surface area contributed by atoms with Gasteiger partial charge in [-0.05, 0) is 0 Å². The number of nitrogens with zero attached hydrogens (tertiary/aromatic N) is 2. The Morgan fingerprint density at radius 1 is 1.60 bits per heavy atom. The van der Waals surface area contributed by atoms with Crippen LogP contribution in [0.4, 0.5) is 13.2 Å². The number of nitriles is 1. The summed E-state index contributed by atoms with van der Waals surface area (Å²) in [6.07, 6.45) is -2.60. The number of halogens is 3. The molecule has 0 aromatic carbocycles. The maximum atomic E-state index is 13.1. The summed E-state index contributed by atoms with van der Waals surface area (Å²) in [5.74, 6) is -3.26. The maximum absolute atomic E-state index is 13.1. The van der Waals surface area contributed by atoms with Crippen LogP contribution < -0.4 is 0 Å². The van der Waals surface area contributed by atoms with E-state index < -0.39 is 35.0 Å². The predicted octanol–water partition coefficient (Wildman–Crippen LogP) is 1.73. The summed E-state index contributed by atoms with van der Waals surface area (Å²) in [5, 5.41) is 16.8. The van der Waals surface area contributed by atoms with E-state index in [1.165, 1.54) is 6.07 Å². The molecule has 1 aromatic heterocycles. The molecule has 0 saturated carbocycles. The van der Waals surface area contributed by atoms with Gasteiger partial charge < -0.3 is 5.11 Å². The SMILES string of the molecule is N#Cc1c(C(F)F)cnc(C(=O)O)c1F. The fourth-order valence-electron chi connectivity index (χ4n) is 0.929. The fraction of sp³-hybridized carbons (Fsp3) is 0.125. The number of alkyl halides is 2. The van der Waals surface area contributed by atoms with Crippen LogP contribution in [0.3, 0.4) is 0 Å². The number of aromatic carboxylic acids is 1. The van der Waals surface area contributed by atoms with Crippen molar-refractivity contribution < 1.29 is 23.1 Å². The van der Waals surface area contributed by atoms with Crippen LogP contribution in [0.5, 0.6) is 0 Å². The Labute approximate surface area is 81.6 Å². The molecule has 0 fully saturated rings. The van der Waals surface area contributed by atoms with Gasteiger partial charge in [-0.3, -0.25) is 0 Å². The predicted molar refractivity (Wildman–Crippen MR) is 40.8 cm³/mol. The van der Waals surface area contributed by atoms with Crippen LogP contribution in [0, 0.1) is 17.1 Å². The van der Waals surface area contributed by atoms with E-state index in [4.69, 9.17) is 10.4 Å². The second-order valence-electron chi connectivity index (χ2n) is 2.47. The minimum atomic E-state index is -3.08. The number of pyridine rings is 1. The van der Waals surface area contributed by atoms with Crippen LogP contribution >= 0.6 is 0 Å².